The van der Waals surface area contributed by atoms with Crippen molar-refractivity contribution in [3.05, 3.63) is 45.9 Å². The van der Waals surface area contributed by atoms with Crippen LogP contribution in [0.4, 0.5) is 0 Å². The van der Waals surface area contributed by atoms with Crippen LogP contribution in [0.1, 0.15) is 108 Å². The lowest BCUT2D eigenvalue weighted by atomic mass is 9.95. The predicted molar refractivity (Wildman–Crippen MR) is 211 cm³/mol. The summed E-state index contributed by atoms with van der Waals surface area (Å²) >= 11 is 1.35. The maximum atomic E-state index is 13.7. The van der Waals surface area contributed by atoms with Crippen LogP contribution in [-0.4, -0.2) is 104 Å². The molecule has 0 fully saturated rings. The van der Waals surface area contributed by atoms with Gasteiger partial charge in [-0.1, -0.05) is 60.1 Å². The molecule has 2 rings (SSSR count). The third kappa shape index (κ3) is 17.5. The molecule has 0 aliphatic carbocycles. The van der Waals surface area contributed by atoms with Crippen LogP contribution in [0.2, 0.25) is 0 Å². The Balaban J connectivity index is 2.18. The SMILES string of the molecule is CCCO[C@H](CC(C(C)C)N(COCC)C(=O)C[C@@H](C)CC)c1nc(C(=O)N[C@@H](Cc2ccc(OCCOCCOCCN)cc2)C[C@H](C)C(=O)O)cs1. The summed E-state index contributed by atoms with van der Waals surface area (Å²) in [5.41, 5.74) is 6.56. The van der Waals surface area contributed by atoms with Gasteiger partial charge in [0.05, 0.1) is 32.3 Å². The van der Waals surface area contributed by atoms with Crippen molar-refractivity contribution < 1.29 is 43.2 Å². The van der Waals surface area contributed by atoms with Crippen molar-refractivity contribution in [2.45, 2.75) is 105 Å². The third-order valence-corrected chi connectivity index (χ3v) is 10.0. The Morgan fingerprint density at radius 1 is 0.926 bits per heavy atom. The minimum Gasteiger partial charge on any atom is -0.491 e. The summed E-state index contributed by atoms with van der Waals surface area (Å²) in [6.07, 6.45) is 2.88. The summed E-state index contributed by atoms with van der Waals surface area (Å²) in [5.74, 6) is -0.886. The predicted octanol–water partition coefficient (Wildman–Crippen LogP) is 6.11. The number of aliphatic carboxylic acids is 1. The lowest BCUT2D eigenvalue weighted by Crippen LogP contribution is -2.46. The summed E-state index contributed by atoms with van der Waals surface area (Å²) in [5, 5.41) is 15.1. The molecule has 1 aromatic carbocycles. The number of thiazole rings is 1. The number of benzene rings is 1. The number of aromatic nitrogens is 1. The van der Waals surface area contributed by atoms with E-state index in [2.05, 4.69) is 33.0 Å². The van der Waals surface area contributed by atoms with Gasteiger partial charge in [0, 0.05) is 50.1 Å². The molecule has 5 atom stereocenters. The van der Waals surface area contributed by atoms with E-state index >= 15 is 0 Å². The molecule has 54 heavy (non-hydrogen) atoms. The monoisotopic (exact) mass is 778 g/mol. The number of nitrogens with two attached hydrogens (primary N) is 1. The Morgan fingerprint density at radius 2 is 1.61 bits per heavy atom. The molecule has 0 bridgehead atoms. The lowest BCUT2D eigenvalue weighted by Gasteiger charge is -2.36. The molecule has 1 unspecified atom stereocenters. The molecule has 0 spiro atoms. The number of carboxylic acid groups (broad SMARTS) is 1. The van der Waals surface area contributed by atoms with Crippen molar-refractivity contribution in [1.82, 2.24) is 15.2 Å². The second kappa shape index (κ2) is 26.6. The molecule has 1 heterocycles. The fourth-order valence-corrected chi connectivity index (χ4v) is 6.59. The number of nitrogens with one attached hydrogen (secondary N) is 1. The number of carbonyl (C=O) groups is 3. The summed E-state index contributed by atoms with van der Waals surface area (Å²) in [6, 6.07) is 6.88. The van der Waals surface area contributed by atoms with Crippen molar-refractivity contribution in [3.8, 4) is 5.75 Å². The highest BCUT2D eigenvalue weighted by molar-refractivity contribution is 7.09. The van der Waals surface area contributed by atoms with Gasteiger partial charge in [-0.3, -0.25) is 14.4 Å². The molecular weight excluding hydrogens is 713 g/mol. The Hall–Kier alpha value is -3.14. The van der Waals surface area contributed by atoms with Gasteiger partial charge in [-0.25, -0.2) is 4.98 Å². The molecule has 2 aromatic rings. The fraction of sp³-hybridized carbons (Fsp3) is 0.700. The summed E-state index contributed by atoms with van der Waals surface area (Å²) in [7, 11) is 0. The van der Waals surface area contributed by atoms with Crippen LogP contribution in [0.3, 0.4) is 0 Å². The van der Waals surface area contributed by atoms with Gasteiger partial charge >= 0.3 is 5.97 Å². The number of rotatable bonds is 30. The summed E-state index contributed by atoms with van der Waals surface area (Å²) in [4.78, 5) is 45.6. The van der Waals surface area contributed by atoms with Crippen molar-refractivity contribution in [3.63, 3.8) is 0 Å². The highest BCUT2D eigenvalue weighted by Crippen LogP contribution is 2.31. The average Bonchev–Trinajstić information content (AvgIpc) is 3.64. The van der Waals surface area contributed by atoms with Crippen molar-refractivity contribution in [1.29, 1.82) is 0 Å². The highest BCUT2D eigenvalue weighted by Gasteiger charge is 2.32. The molecule has 0 radical (unpaired) electrons. The van der Waals surface area contributed by atoms with E-state index in [9.17, 15) is 19.5 Å². The van der Waals surface area contributed by atoms with Crippen LogP contribution >= 0.6 is 11.3 Å². The van der Waals surface area contributed by atoms with E-state index in [1.165, 1.54) is 11.3 Å². The molecule has 1 aromatic heterocycles. The van der Waals surface area contributed by atoms with Gasteiger partial charge in [0.25, 0.3) is 5.91 Å². The van der Waals surface area contributed by atoms with E-state index in [1.54, 1.807) is 12.3 Å². The minimum atomic E-state index is -0.932. The first-order valence-corrected chi connectivity index (χ1v) is 20.4. The van der Waals surface area contributed by atoms with Gasteiger partial charge < -0.3 is 44.7 Å². The number of amides is 2. The minimum absolute atomic E-state index is 0.0552. The zero-order valence-electron chi connectivity index (χ0n) is 33.6. The molecule has 14 heteroatoms. The van der Waals surface area contributed by atoms with Gasteiger partial charge in [-0.2, -0.15) is 0 Å². The summed E-state index contributed by atoms with van der Waals surface area (Å²) < 4.78 is 28.7. The van der Waals surface area contributed by atoms with Crippen LogP contribution in [-0.2, 0) is 35.0 Å². The van der Waals surface area contributed by atoms with E-state index in [0.29, 0.717) is 82.8 Å². The quantitative estimate of drug-likeness (QED) is 0.0618. The zero-order valence-corrected chi connectivity index (χ0v) is 34.4. The number of ether oxygens (including phenoxy) is 5. The Bertz CT molecular complexity index is 1340. The van der Waals surface area contributed by atoms with Crippen LogP contribution in [0.5, 0.6) is 5.75 Å². The van der Waals surface area contributed by atoms with E-state index in [-0.39, 0.29) is 48.5 Å². The number of hydrogen-bond donors (Lipinski definition) is 3. The molecule has 306 valence electrons. The fourth-order valence-electron chi connectivity index (χ4n) is 5.73. The summed E-state index contributed by atoms with van der Waals surface area (Å²) in [6.45, 7) is 17.9. The van der Waals surface area contributed by atoms with Crippen molar-refractivity contribution in [2.75, 3.05) is 59.5 Å². The first kappa shape index (κ1) is 47.0. The third-order valence-electron chi connectivity index (χ3n) is 9.08. The first-order chi connectivity index (χ1) is 25.9. The van der Waals surface area contributed by atoms with Gasteiger partial charge in [0.2, 0.25) is 5.91 Å². The molecular formula is C40H66N4O9S. The zero-order chi connectivity index (χ0) is 39.9. The van der Waals surface area contributed by atoms with Gasteiger partial charge in [-0.15, -0.1) is 11.3 Å². The van der Waals surface area contributed by atoms with Crippen LogP contribution in [0.15, 0.2) is 29.6 Å². The normalized spacial score (nSPS) is 14.3. The van der Waals surface area contributed by atoms with Crippen molar-refractivity contribution >= 4 is 29.1 Å². The number of nitrogens with zero attached hydrogens (tertiary/aromatic N) is 2. The molecule has 0 aliphatic heterocycles. The van der Waals surface area contributed by atoms with Crippen LogP contribution in [0, 0.1) is 17.8 Å². The number of carbonyl (C=O) groups excluding carboxylic acids is 2. The topological polar surface area (TPSA) is 172 Å². The first-order valence-electron chi connectivity index (χ1n) is 19.5. The van der Waals surface area contributed by atoms with Gasteiger partial charge in [0.1, 0.15) is 35.9 Å². The largest absolute Gasteiger partial charge is 0.491 e. The maximum absolute atomic E-state index is 13.7. The Kier molecular flexibility index (Phi) is 23.2. The lowest BCUT2D eigenvalue weighted by molar-refractivity contribution is -0.144. The second-order valence-corrected chi connectivity index (χ2v) is 14.9. The molecule has 2 amide bonds. The number of carboxylic acids is 1. The molecule has 4 N–H and O–H groups in total. The second-order valence-electron chi connectivity index (χ2n) is 14.0. The standard InChI is InChI=1S/C40H66N4O9S/c1-8-16-53-36(25-35(28(4)5)44(27-49-10-3)37(45)22-29(6)9-2)39-43-34(26-54-39)38(46)42-32(23-30(7)40(47)48)24-31-11-13-33(14-12-31)52-21-20-51-19-18-50-17-15-41/h11-14,26,28-30,32,35-36H,8-10,15-25,27,41H2,1-7H3,(H,42,46)(H,47,48)/t29-,30-,32+,35?,36+/m0/s1. The van der Waals surface area contributed by atoms with Gasteiger partial charge in [0.15, 0.2) is 0 Å². The average molecular weight is 779 g/mol. The van der Waals surface area contributed by atoms with Crippen molar-refractivity contribution in [2.24, 2.45) is 23.5 Å². The smallest absolute Gasteiger partial charge is 0.306 e. The molecule has 13 nitrogen and oxygen atoms in total. The highest BCUT2D eigenvalue weighted by atomic mass is 32.1. The van der Waals surface area contributed by atoms with E-state index in [0.717, 1.165) is 18.4 Å². The van der Waals surface area contributed by atoms with Crippen LogP contribution < -0.4 is 15.8 Å². The van der Waals surface area contributed by atoms with Gasteiger partial charge in [-0.05, 0) is 55.7 Å². The Labute approximate surface area is 326 Å². The molecule has 0 aliphatic rings. The van der Waals surface area contributed by atoms with Crippen LogP contribution in [0.25, 0.3) is 0 Å². The van der Waals surface area contributed by atoms with E-state index < -0.39 is 24.0 Å². The molecule has 0 saturated heterocycles. The maximum Gasteiger partial charge on any atom is 0.306 e. The Morgan fingerprint density at radius 3 is 2.22 bits per heavy atom. The van der Waals surface area contributed by atoms with E-state index in [1.807, 2.05) is 43.0 Å². The number of hydrogen-bond acceptors (Lipinski definition) is 11. The van der Waals surface area contributed by atoms with E-state index in [4.69, 9.17) is 34.4 Å². The molecule has 0 saturated carbocycles.